The number of imidazole rings is 1. The fraction of sp³-hybridized carbons (Fsp3) is 0.419. The van der Waals surface area contributed by atoms with E-state index >= 15 is 0 Å². The molecule has 204 valence electrons. The maximum atomic E-state index is 11.8. The highest BCUT2D eigenvalue weighted by atomic mass is 32.2. The quantitative estimate of drug-likeness (QED) is 0.324. The van der Waals surface area contributed by atoms with Gasteiger partial charge in [-0.05, 0) is 88.6 Å². The van der Waals surface area contributed by atoms with E-state index in [2.05, 4.69) is 51.7 Å². The van der Waals surface area contributed by atoms with Gasteiger partial charge in [0, 0.05) is 43.1 Å². The van der Waals surface area contributed by atoms with Gasteiger partial charge in [-0.1, -0.05) is 24.3 Å². The summed E-state index contributed by atoms with van der Waals surface area (Å²) >= 11 is 0. The lowest BCUT2D eigenvalue weighted by atomic mass is 10.0. The molecule has 1 aliphatic carbocycles. The van der Waals surface area contributed by atoms with E-state index in [4.69, 9.17) is 9.97 Å². The molecule has 0 spiro atoms. The molecule has 0 bridgehead atoms. The first-order valence-corrected chi connectivity index (χ1v) is 15.7. The predicted octanol–water partition coefficient (Wildman–Crippen LogP) is 5.07. The van der Waals surface area contributed by atoms with Crippen molar-refractivity contribution in [1.29, 1.82) is 0 Å². The highest BCUT2D eigenvalue weighted by Gasteiger charge is 2.32. The summed E-state index contributed by atoms with van der Waals surface area (Å²) in [6.45, 7) is 5.32. The fourth-order valence-corrected chi connectivity index (χ4v) is 6.53. The van der Waals surface area contributed by atoms with Gasteiger partial charge < -0.3 is 9.47 Å². The second-order valence-electron chi connectivity index (χ2n) is 11.4. The summed E-state index contributed by atoms with van der Waals surface area (Å²) < 4.78 is 25.8. The van der Waals surface area contributed by atoms with Gasteiger partial charge in [-0.2, -0.15) is 0 Å². The SMILES string of the molecule is Cc1nc(-c2ccc(CN3CCC(N(C)C4CC4)CC3)cc2)cc2c1nc(-c1ccc(S(C)(=O)=O)cc1)n2C. The first-order chi connectivity index (χ1) is 18.7. The average molecular weight is 544 g/mol. The third kappa shape index (κ3) is 5.38. The summed E-state index contributed by atoms with van der Waals surface area (Å²) in [5.74, 6) is 0.787. The van der Waals surface area contributed by atoms with Crippen molar-refractivity contribution >= 4 is 20.9 Å². The zero-order valence-corrected chi connectivity index (χ0v) is 24.1. The van der Waals surface area contributed by atoms with Gasteiger partial charge in [0.1, 0.15) is 11.3 Å². The number of nitrogens with zero attached hydrogens (tertiary/aromatic N) is 5. The summed E-state index contributed by atoms with van der Waals surface area (Å²) in [5.41, 5.74) is 6.96. The van der Waals surface area contributed by atoms with E-state index in [1.165, 1.54) is 50.6 Å². The highest BCUT2D eigenvalue weighted by molar-refractivity contribution is 7.90. The lowest BCUT2D eigenvalue weighted by Gasteiger charge is -2.37. The molecule has 0 unspecified atom stereocenters. The molecular weight excluding hydrogens is 506 g/mol. The number of pyridine rings is 1. The van der Waals surface area contributed by atoms with Crippen LogP contribution in [-0.2, 0) is 23.4 Å². The molecule has 4 aromatic rings. The number of benzene rings is 2. The van der Waals surface area contributed by atoms with E-state index in [1.807, 2.05) is 26.1 Å². The van der Waals surface area contributed by atoms with E-state index in [-0.39, 0.29) is 0 Å². The number of aryl methyl sites for hydroxylation is 2. The Bertz CT molecular complexity index is 1600. The Labute approximate surface area is 231 Å². The molecule has 2 aromatic heterocycles. The Morgan fingerprint density at radius 3 is 2.13 bits per heavy atom. The molecule has 39 heavy (non-hydrogen) atoms. The van der Waals surface area contributed by atoms with Crippen LogP contribution in [0.15, 0.2) is 59.5 Å². The zero-order chi connectivity index (χ0) is 27.3. The highest BCUT2D eigenvalue weighted by Crippen LogP contribution is 2.31. The van der Waals surface area contributed by atoms with Crippen LogP contribution >= 0.6 is 0 Å². The van der Waals surface area contributed by atoms with Crippen molar-refractivity contribution in [3.8, 4) is 22.6 Å². The second kappa shape index (κ2) is 10.2. The Hall–Kier alpha value is -3.07. The van der Waals surface area contributed by atoms with Crippen LogP contribution in [0, 0.1) is 6.92 Å². The van der Waals surface area contributed by atoms with Crippen molar-refractivity contribution in [3.05, 3.63) is 65.9 Å². The average Bonchev–Trinajstić information content (AvgIpc) is 3.72. The Kier molecular flexibility index (Phi) is 6.81. The van der Waals surface area contributed by atoms with Crippen LogP contribution in [0.2, 0.25) is 0 Å². The summed E-state index contributed by atoms with van der Waals surface area (Å²) in [4.78, 5) is 15.3. The molecule has 0 N–H and O–H groups in total. The number of likely N-dealkylation sites (tertiary alicyclic amines) is 1. The maximum absolute atomic E-state index is 11.8. The van der Waals surface area contributed by atoms with E-state index < -0.39 is 9.84 Å². The summed E-state index contributed by atoms with van der Waals surface area (Å²) in [5, 5.41) is 0. The Morgan fingerprint density at radius 1 is 0.897 bits per heavy atom. The minimum atomic E-state index is -3.24. The van der Waals surface area contributed by atoms with Crippen LogP contribution in [0.4, 0.5) is 0 Å². The van der Waals surface area contributed by atoms with Gasteiger partial charge in [0.2, 0.25) is 0 Å². The molecule has 2 aliphatic rings. The Balaban J connectivity index is 1.18. The number of rotatable bonds is 7. The molecular formula is C31H37N5O2S. The van der Waals surface area contributed by atoms with Gasteiger partial charge in [-0.3, -0.25) is 9.88 Å². The van der Waals surface area contributed by atoms with E-state index in [1.54, 1.807) is 12.1 Å². The van der Waals surface area contributed by atoms with Crippen molar-refractivity contribution in [1.82, 2.24) is 24.3 Å². The minimum Gasteiger partial charge on any atom is -0.327 e. The number of hydrogen-bond acceptors (Lipinski definition) is 6. The van der Waals surface area contributed by atoms with Crippen LogP contribution < -0.4 is 0 Å². The summed E-state index contributed by atoms with van der Waals surface area (Å²) in [6, 6.07) is 19.4. The number of piperidine rings is 1. The van der Waals surface area contributed by atoms with Gasteiger partial charge in [0.15, 0.2) is 9.84 Å². The van der Waals surface area contributed by atoms with Gasteiger partial charge in [-0.25, -0.2) is 13.4 Å². The monoisotopic (exact) mass is 543 g/mol. The van der Waals surface area contributed by atoms with Crippen LogP contribution in [0.25, 0.3) is 33.7 Å². The van der Waals surface area contributed by atoms with E-state index in [0.29, 0.717) is 4.90 Å². The number of hydrogen-bond donors (Lipinski definition) is 0. The molecule has 3 heterocycles. The van der Waals surface area contributed by atoms with Crippen molar-refractivity contribution in [2.24, 2.45) is 7.05 Å². The molecule has 6 rings (SSSR count). The minimum absolute atomic E-state index is 0.305. The molecule has 1 saturated heterocycles. The maximum Gasteiger partial charge on any atom is 0.175 e. The van der Waals surface area contributed by atoms with Gasteiger partial charge in [0.25, 0.3) is 0 Å². The third-order valence-electron chi connectivity index (χ3n) is 8.50. The third-order valence-corrected chi connectivity index (χ3v) is 9.62. The van der Waals surface area contributed by atoms with Crippen molar-refractivity contribution in [3.63, 3.8) is 0 Å². The number of sulfone groups is 1. The number of fused-ring (bicyclic) bond motifs is 1. The first kappa shape index (κ1) is 26.2. The van der Waals surface area contributed by atoms with Crippen LogP contribution in [0.3, 0.4) is 0 Å². The van der Waals surface area contributed by atoms with Crippen molar-refractivity contribution in [2.75, 3.05) is 26.4 Å². The lowest BCUT2D eigenvalue weighted by molar-refractivity contribution is 0.119. The van der Waals surface area contributed by atoms with Crippen molar-refractivity contribution in [2.45, 2.75) is 56.1 Å². The van der Waals surface area contributed by atoms with Crippen molar-refractivity contribution < 1.29 is 8.42 Å². The van der Waals surface area contributed by atoms with Gasteiger partial charge >= 0.3 is 0 Å². The molecule has 2 aromatic carbocycles. The molecule has 1 aliphatic heterocycles. The van der Waals surface area contributed by atoms with E-state index in [0.717, 1.165) is 58.0 Å². The van der Waals surface area contributed by atoms with E-state index in [9.17, 15) is 8.42 Å². The molecule has 0 atom stereocenters. The molecule has 8 heteroatoms. The molecule has 2 fully saturated rings. The molecule has 0 amide bonds. The predicted molar refractivity (Wildman–Crippen MR) is 156 cm³/mol. The topological polar surface area (TPSA) is 71.3 Å². The largest absolute Gasteiger partial charge is 0.327 e. The normalized spacial score (nSPS) is 17.4. The van der Waals surface area contributed by atoms with Gasteiger partial charge in [-0.15, -0.1) is 0 Å². The number of aromatic nitrogens is 3. The Morgan fingerprint density at radius 2 is 1.51 bits per heavy atom. The first-order valence-electron chi connectivity index (χ1n) is 13.9. The second-order valence-corrected chi connectivity index (χ2v) is 13.4. The molecule has 7 nitrogen and oxygen atoms in total. The van der Waals surface area contributed by atoms with Crippen LogP contribution in [-0.4, -0.2) is 71.2 Å². The van der Waals surface area contributed by atoms with Gasteiger partial charge in [0.05, 0.1) is 21.8 Å². The molecule has 1 saturated carbocycles. The van der Waals surface area contributed by atoms with Crippen LogP contribution in [0.5, 0.6) is 0 Å². The fourth-order valence-electron chi connectivity index (χ4n) is 5.90. The smallest absolute Gasteiger partial charge is 0.175 e. The van der Waals surface area contributed by atoms with Crippen LogP contribution in [0.1, 0.15) is 36.9 Å². The summed E-state index contributed by atoms with van der Waals surface area (Å²) in [7, 11) is 1.07. The molecule has 0 radical (unpaired) electrons. The summed E-state index contributed by atoms with van der Waals surface area (Å²) in [6.07, 6.45) is 6.52. The zero-order valence-electron chi connectivity index (χ0n) is 23.3. The standard InChI is InChI=1S/C31H37N5O2S/c1-21-30-29(35(3)31(33-30)24-9-13-27(14-10-24)39(4,37)38)19-28(32-21)23-7-5-22(6-8-23)20-36-17-15-26(16-18-36)34(2)25-11-12-25/h5-10,13-14,19,25-26H,11-12,15-18,20H2,1-4H3. The lowest BCUT2D eigenvalue weighted by Crippen LogP contribution is -2.43.